The van der Waals surface area contributed by atoms with Crippen molar-refractivity contribution in [3.63, 3.8) is 0 Å². The lowest BCUT2D eigenvalue weighted by atomic mass is 9.84. The largest absolute Gasteiger partial charge is 0.350 e. The molecule has 8 rings (SSSR count). The van der Waals surface area contributed by atoms with Crippen molar-refractivity contribution in [2.75, 3.05) is 36.4 Å². The van der Waals surface area contributed by atoms with Crippen LogP contribution >= 0.6 is 0 Å². The van der Waals surface area contributed by atoms with Gasteiger partial charge < -0.3 is 20.4 Å². The van der Waals surface area contributed by atoms with E-state index in [2.05, 4.69) is 36.7 Å². The van der Waals surface area contributed by atoms with E-state index in [-0.39, 0.29) is 18.0 Å². The van der Waals surface area contributed by atoms with E-state index in [4.69, 9.17) is 10.1 Å². The van der Waals surface area contributed by atoms with Gasteiger partial charge in [0.25, 0.3) is 0 Å². The Labute approximate surface area is 198 Å². The molecule has 7 heterocycles. The minimum Gasteiger partial charge on any atom is -0.350 e. The molecule has 3 N–H and O–H groups in total. The van der Waals surface area contributed by atoms with Gasteiger partial charge in [0, 0.05) is 43.0 Å². The van der Waals surface area contributed by atoms with Crippen LogP contribution in [0.25, 0.3) is 5.52 Å². The van der Waals surface area contributed by atoms with Crippen LogP contribution in [0.2, 0.25) is 0 Å². The first-order valence-electron chi connectivity index (χ1n) is 12.7. The summed E-state index contributed by atoms with van der Waals surface area (Å²) in [6.07, 6.45) is 8.53. The summed E-state index contributed by atoms with van der Waals surface area (Å²) in [4.78, 5) is 22.8. The average molecular weight is 462 g/mol. The molecule has 3 aromatic rings. The third-order valence-electron chi connectivity index (χ3n) is 8.04. The molecule has 5 fully saturated rings. The zero-order valence-electron chi connectivity index (χ0n) is 19.3. The molecule has 4 aliphatic heterocycles. The van der Waals surface area contributed by atoms with Gasteiger partial charge in [-0.2, -0.15) is 10.1 Å². The Morgan fingerprint density at radius 2 is 2.00 bits per heavy atom. The molecule has 3 aromatic heterocycles. The van der Waals surface area contributed by atoms with E-state index in [9.17, 15) is 4.79 Å². The molecule has 5 aliphatic rings. The van der Waals surface area contributed by atoms with Gasteiger partial charge in [-0.25, -0.2) is 4.52 Å². The molecule has 0 radical (unpaired) electrons. The number of fused-ring (bicyclic) bond motifs is 4. The van der Waals surface area contributed by atoms with Crippen molar-refractivity contribution in [1.29, 1.82) is 0 Å². The topological polar surface area (TPSA) is 106 Å². The molecule has 2 bridgehead atoms. The van der Waals surface area contributed by atoms with E-state index < -0.39 is 0 Å². The molecule has 34 heavy (non-hydrogen) atoms. The van der Waals surface area contributed by atoms with E-state index in [1.165, 1.54) is 44.5 Å². The van der Waals surface area contributed by atoms with Crippen LogP contribution < -0.4 is 15.5 Å². The van der Waals surface area contributed by atoms with Gasteiger partial charge in [0.1, 0.15) is 11.6 Å². The number of rotatable bonds is 6. The second-order valence-electron chi connectivity index (χ2n) is 10.3. The summed E-state index contributed by atoms with van der Waals surface area (Å²) in [5, 5.41) is 19.1. The summed E-state index contributed by atoms with van der Waals surface area (Å²) in [5.74, 6) is 3.37. The van der Waals surface area contributed by atoms with Crippen LogP contribution in [-0.2, 0) is 4.79 Å². The fourth-order valence-corrected chi connectivity index (χ4v) is 5.95. The Kier molecular flexibility index (Phi) is 4.75. The van der Waals surface area contributed by atoms with Crippen LogP contribution in [-0.4, -0.2) is 73.9 Å². The number of carbonyl (C=O) groups excluding carboxylic acids is 1. The number of anilines is 3. The van der Waals surface area contributed by atoms with Gasteiger partial charge in [-0.15, -0.1) is 5.10 Å². The minimum absolute atomic E-state index is 0.114. The number of aromatic amines is 1. The number of hydrogen-bond acceptors (Lipinski definition) is 7. The molecule has 1 aliphatic carbocycles. The molecule has 10 nitrogen and oxygen atoms in total. The molecule has 0 spiro atoms. The van der Waals surface area contributed by atoms with Crippen LogP contribution in [0.1, 0.15) is 50.1 Å². The molecular formula is C24H31N9O. The number of nitrogens with zero attached hydrogens (tertiary/aromatic N) is 6. The van der Waals surface area contributed by atoms with Gasteiger partial charge in [0.05, 0.1) is 0 Å². The van der Waals surface area contributed by atoms with Gasteiger partial charge in [-0.3, -0.25) is 9.89 Å². The van der Waals surface area contributed by atoms with Crippen LogP contribution in [0.5, 0.6) is 0 Å². The van der Waals surface area contributed by atoms with Crippen molar-refractivity contribution in [1.82, 2.24) is 35.0 Å². The lowest BCUT2D eigenvalue weighted by Crippen LogP contribution is -2.59. The number of hydrogen-bond donors (Lipinski definition) is 3. The van der Waals surface area contributed by atoms with Crippen LogP contribution in [0.3, 0.4) is 0 Å². The molecule has 1 amide bonds. The van der Waals surface area contributed by atoms with Crippen molar-refractivity contribution in [3.05, 3.63) is 30.1 Å². The fraction of sp³-hybridized carbons (Fsp3) is 0.583. The van der Waals surface area contributed by atoms with E-state index in [1.807, 2.05) is 22.8 Å². The lowest BCUT2D eigenvalue weighted by Gasteiger charge is -2.45. The van der Waals surface area contributed by atoms with E-state index in [1.54, 1.807) is 0 Å². The Balaban J connectivity index is 1.13. The SMILES string of the molecule is O=C(NC1CN2CCC1CC2)C1CCCN1c1nc(Nc2cc(C3CC3)[nH]n2)c2cccn2n1. The van der Waals surface area contributed by atoms with Gasteiger partial charge in [0.15, 0.2) is 11.6 Å². The van der Waals surface area contributed by atoms with Crippen molar-refractivity contribution in [2.45, 2.75) is 56.5 Å². The maximum Gasteiger partial charge on any atom is 0.246 e. The maximum absolute atomic E-state index is 13.4. The summed E-state index contributed by atoms with van der Waals surface area (Å²) in [5.41, 5.74) is 2.06. The van der Waals surface area contributed by atoms with Crippen LogP contribution in [0.4, 0.5) is 17.6 Å². The second-order valence-corrected chi connectivity index (χ2v) is 10.3. The Hall–Kier alpha value is -3.14. The first-order valence-corrected chi connectivity index (χ1v) is 12.7. The molecule has 1 saturated carbocycles. The summed E-state index contributed by atoms with van der Waals surface area (Å²) >= 11 is 0. The number of aromatic nitrogens is 5. The van der Waals surface area contributed by atoms with Crippen LogP contribution in [0.15, 0.2) is 24.4 Å². The highest BCUT2D eigenvalue weighted by molar-refractivity contribution is 5.86. The lowest BCUT2D eigenvalue weighted by molar-refractivity contribution is -0.124. The molecule has 4 saturated heterocycles. The number of H-pyrrole nitrogens is 1. The number of carbonyl (C=O) groups is 1. The zero-order chi connectivity index (χ0) is 22.6. The Morgan fingerprint density at radius 3 is 2.79 bits per heavy atom. The predicted octanol–water partition coefficient (Wildman–Crippen LogP) is 2.25. The van der Waals surface area contributed by atoms with Gasteiger partial charge in [-0.1, -0.05) is 0 Å². The second kappa shape index (κ2) is 7.97. The number of amides is 1. The highest BCUT2D eigenvalue weighted by Gasteiger charge is 2.39. The normalized spacial score (nSPS) is 28.5. The minimum atomic E-state index is -0.233. The highest BCUT2D eigenvalue weighted by Crippen LogP contribution is 2.40. The summed E-state index contributed by atoms with van der Waals surface area (Å²) in [7, 11) is 0. The van der Waals surface area contributed by atoms with E-state index in [0.717, 1.165) is 37.3 Å². The number of piperidine rings is 3. The van der Waals surface area contributed by atoms with Crippen molar-refractivity contribution >= 4 is 29.0 Å². The monoisotopic (exact) mass is 461 g/mol. The smallest absolute Gasteiger partial charge is 0.246 e. The van der Waals surface area contributed by atoms with Crippen molar-refractivity contribution in [3.8, 4) is 0 Å². The third kappa shape index (κ3) is 3.60. The molecule has 178 valence electrons. The summed E-state index contributed by atoms with van der Waals surface area (Å²) < 4.78 is 1.83. The molecule has 0 aromatic carbocycles. The standard InChI is InChI=1S/C24H31N9O/c34-23(25-18-14-31-11-7-16(18)8-12-31)20-4-1-9-32(20)24-27-22(19-3-2-10-33(19)30-24)26-21-13-17(28-29-21)15-5-6-15/h2-3,10,13,15-16,18,20H,1,4-9,11-12,14H2,(H,25,34)(H2,26,27,28,29,30). The first-order chi connectivity index (χ1) is 16.7. The maximum atomic E-state index is 13.4. The zero-order valence-corrected chi connectivity index (χ0v) is 19.3. The van der Waals surface area contributed by atoms with Crippen molar-refractivity contribution < 1.29 is 4.79 Å². The molecule has 2 atom stereocenters. The Morgan fingerprint density at radius 1 is 1.12 bits per heavy atom. The summed E-state index contributed by atoms with van der Waals surface area (Å²) in [6, 6.07) is 6.05. The van der Waals surface area contributed by atoms with Crippen molar-refractivity contribution in [2.24, 2.45) is 5.92 Å². The highest BCUT2D eigenvalue weighted by atomic mass is 16.2. The van der Waals surface area contributed by atoms with E-state index in [0.29, 0.717) is 23.6 Å². The summed E-state index contributed by atoms with van der Waals surface area (Å²) in [6.45, 7) is 4.10. The number of nitrogens with one attached hydrogen (secondary N) is 3. The van der Waals surface area contributed by atoms with Gasteiger partial charge in [-0.05, 0) is 69.7 Å². The van der Waals surface area contributed by atoms with Gasteiger partial charge in [0.2, 0.25) is 11.9 Å². The van der Waals surface area contributed by atoms with Gasteiger partial charge >= 0.3 is 0 Å². The predicted molar refractivity (Wildman–Crippen MR) is 128 cm³/mol. The van der Waals surface area contributed by atoms with E-state index >= 15 is 0 Å². The fourth-order valence-electron chi connectivity index (χ4n) is 5.95. The quantitative estimate of drug-likeness (QED) is 0.517. The third-order valence-corrected chi connectivity index (χ3v) is 8.04. The Bertz CT molecular complexity index is 1210. The molecule has 2 unspecified atom stereocenters. The van der Waals surface area contributed by atoms with Crippen LogP contribution in [0, 0.1) is 5.92 Å². The average Bonchev–Trinajstić information content (AvgIpc) is 3.25. The molecule has 10 heteroatoms. The first kappa shape index (κ1) is 20.3. The molecular weight excluding hydrogens is 430 g/mol.